The zero-order valence-corrected chi connectivity index (χ0v) is 19.9. The van der Waals surface area contributed by atoms with Crippen molar-refractivity contribution < 1.29 is 23.7 Å². The molecule has 8 nitrogen and oxygen atoms in total. The zero-order chi connectivity index (χ0) is 24.8. The summed E-state index contributed by atoms with van der Waals surface area (Å²) in [6.45, 7) is 0. The number of ether oxygens (including phenoxy) is 4. The van der Waals surface area contributed by atoms with Crippen molar-refractivity contribution in [3.05, 3.63) is 77.9 Å². The number of carbonyl (C=O) groups is 1. The zero-order valence-electron chi connectivity index (χ0n) is 19.9. The van der Waals surface area contributed by atoms with Gasteiger partial charge in [0.2, 0.25) is 5.75 Å². The third-order valence-corrected chi connectivity index (χ3v) is 5.43. The Bertz CT molecular complexity index is 1380. The second-order valence-electron chi connectivity index (χ2n) is 7.43. The van der Waals surface area contributed by atoms with Crippen LogP contribution in [0.1, 0.15) is 15.9 Å². The minimum atomic E-state index is -0.372. The number of fused-ring (bicyclic) bond motifs is 1. The van der Waals surface area contributed by atoms with Crippen molar-refractivity contribution in [3.63, 3.8) is 0 Å². The van der Waals surface area contributed by atoms with Gasteiger partial charge in [0.1, 0.15) is 5.75 Å². The van der Waals surface area contributed by atoms with Crippen molar-refractivity contribution in [2.75, 3.05) is 28.4 Å². The first-order valence-electron chi connectivity index (χ1n) is 10.8. The van der Waals surface area contributed by atoms with Gasteiger partial charge in [-0.1, -0.05) is 30.3 Å². The Hall–Kier alpha value is -4.59. The van der Waals surface area contributed by atoms with E-state index in [2.05, 4.69) is 10.5 Å². The van der Waals surface area contributed by atoms with Crippen molar-refractivity contribution in [2.24, 2.45) is 5.10 Å². The van der Waals surface area contributed by atoms with E-state index in [4.69, 9.17) is 23.9 Å². The number of hydrazone groups is 1. The molecule has 0 aliphatic rings. The third kappa shape index (κ3) is 4.86. The van der Waals surface area contributed by atoms with E-state index in [9.17, 15) is 4.79 Å². The fourth-order valence-electron chi connectivity index (χ4n) is 3.73. The number of hydrogen-bond donors (Lipinski definition) is 1. The van der Waals surface area contributed by atoms with Gasteiger partial charge in [-0.05, 0) is 36.4 Å². The maximum absolute atomic E-state index is 13.2. The molecular weight excluding hydrogens is 446 g/mol. The lowest BCUT2D eigenvalue weighted by Crippen LogP contribution is -2.18. The summed E-state index contributed by atoms with van der Waals surface area (Å²) < 4.78 is 21.7. The van der Waals surface area contributed by atoms with Crippen LogP contribution < -0.4 is 24.4 Å². The summed E-state index contributed by atoms with van der Waals surface area (Å²) in [5.41, 5.74) is 5.72. The van der Waals surface area contributed by atoms with Crippen LogP contribution in [0, 0.1) is 0 Å². The summed E-state index contributed by atoms with van der Waals surface area (Å²) in [6.07, 6.45) is 1.54. The van der Waals surface area contributed by atoms with Crippen LogP contribution in [-0.2, 0) is 0 Å². The maximum atomic E-state index is 13.2. The molecule has 1 aromatic heterocycles. The number of rotatable bonds is 8. The van der Waals surface area contributed by atoms with Gasteiger partial charge in [0.15, 0.2) is 11.5 Å². The van der Waals surface area contributed by atoms with Crippen LogP contribution in [-0.4, -0.2) is 45.5 Å². The highest BCUT2D eigenvalue weighted by Crippen LogP contribution is 2.41. The normalized spacial score (nSPS) is 10.9. The summed E-state index contributed by atoms with van der Waals surface area (Å²) in [5.74, 6) is 1.74. The fourth-order valence-corrected chi connectivity index (χ4v) is 3.73. The number of nitrogens with one attached hydrogen (secondary N) is 1. The minimum Gasteiger partial charge on any atom is -0.496 e. The number of hydrogen-bond acceptors (Lipinski definition) is 7. The molecule has 0 aliphatic carbocycles. The van der Waals surface area contributed by atoms with Crippen LogP contribution in [0.3, 0.4) is 0 Å². The smallest absolute Gasteiger partial charge is 0.272 e. The molecule has 35 heavy (non-hydrogen) atoms. The van der Waals surface area contributed by atoms with Crippen molar-refractivity contribution in [1.29, 1.82) is 0 Å². The van der Waals surface area contributed by atoms with Crippen molar-refractivity contribution >= 4 is 23.0 Å². The summed E-state index contributed by atoms with van der Waals surface area (Å²) in [4.78, 5) is 17.9. The first kappa shape index (κ1) is 23.6. The van der Waals surface area contributed by atoms with E-state index >= 15 is 0 Å². The monoisotopic (exact) mass is 471 g/mol. The Kier molecular flexibility index (Phi) is 7.11. The molecule has 0 bridgehead atoms. The van der Waals surface area contributed by atoms with Gasteiger partial charge in [-0.15, -0.1) is 0 Å². The molecular formula is C27H25N3O5. The second kappa shape index (κ2) is 10.6. The lowest BCUT2D eigenvalue weighted by Gasteiger charge is -2.15. The Labute approximate surface area is 203 Å². The molecule has 0 atom stereocenters. The van der Waals surface area contributed by atoms with Crippen LogP contribution in [0.15, 0.2) is 71.8 Å². The summed E-state index contributed by atoms with van der Waals surface area (Å²) in [7, 11) is 6.22. The van der Waals surface area contributed by atoms with E-state index < -0.39 is 0 Å². The number of pyridine rings is 1. The summed E-state index contributed by atoms with van der Waals surface area (Å²) in [5, 5.41) is 4.83. The number of aromatic nitrogens is 1. The quantitative estimate of drug-likeness (QED) is 0.296. The Morgan fingerprint density at radius 2 is 1.49 bits per heavy atom. The standard InChI is InChI=1S/C27H25N3O5/c1-32-23-12-8-5-9-17(23)16-28-30-27(31)20-15-22(29-21-11-7-6-10-19(20)21)18-13-24(33-2)26(35-4)25(14-18)34-3/h5-16H,1-4H3,(H,30,31)/b28-16+. The van der Waals surface area contributed by atoms with Crippen molar-refractivity contribution in [3.8, 4) is 34.3 Å². The van der Waals surface area contributed by atoms with Gasteiger partial charge in [-0.3, -0.25) is 4.79 Å². The average molecular weight is 472 g/mol. The average Bonchev–Trinajstić information content (AvgIpc) is 2.91. The largest absolute Gasteiger partial charge is 0.496 e. The van der Waals surface area contributed by atoms with Gasteiger partial charge in [0, 0.05) is 16.5 Å². The molecule has 8 heteroatoms. The topological polar surface area (TPSA) is 91.3 Å². The van der Waals surface area contributed by atoms with E-state index in [1.54, 1.807) is 52.9 Å². The number of para-hydroxylation sites is 2. The first-order valence-corrected chi connectivity index (χ1v) is 10.8. The number of amides is 1. The van der Waals surface area contributed by atoms with Crippen molar-refractivity contribution in [1.82, 2.24) is 10.4 Å². The Morgan fingerprint density at radius 3 is 2.17 bits per heavy atom. The molecule has 0 unspecified atom stereocenters. The van der Waals surface area contributed by atoms with E-state index in [-0.39, 0.29) is 5.91 Å². The van der Waals surface area contributed by atoms with Gasteiger partial charge < -0.3 is 18.9 Å². The summed E-state index contributed by atoms with van der Waals surface area (Å²) >= 11 is 0. The maximum Gasteiger partial charge on any atom is 0.272 e. The van der Waals surface area contributed by atoms with Gasteiger partial charge in [0.05, 0.1) is 51.4 Å². The molecule has 1 N–H and O–H groups in total. The van der Waals surface area contributed by atoms with Crippen LogP contribution in [0.2, 0.25) is 0 Å². The minimum absolute atomic E-state index is 0.372. The summed E-state index contributed by atoms with van der Waals surface area (Å²) in [6, 6.07) is 20.1. The van der Waals surface area contributed by atoms with Gasteiger partial charge in [-0.25, -0.2) is 10.4 Å². The predicted molar refractivity (Wildman–Crippen MR) is 135 cm³/mol. The lowest BCUT2D eigenvalue weighted by atomic mass is 10.0. The SMILES string of the molecule is COc1ccccc1/C=N/NC(=O)c1cc(-c2cc(OC)c(OC)c(OC)c2)nc2ccccc12. The first-order chi connectivity index (χ1) is 17.1. The molecule has 0 spiro atoms. The fraction of sp³-hybridized carbons (Fsp3) is 0.148. The van der Waals surface area contributed by atoms with Gasteiger partial charge >= 0.3 is 0 Å². The number of carbonyl (C=O) groups excluding carboxylic acids is 1. The highest BCUT2D eigenvalue weighted by molar-refractivity contribution is 6.07. The third-order valence-electron chi connectivity index (χ3n) is 5.43. The number of nitrogens with zero attached hydrogens (tertiary/aromatic N) is 2. The second-order valence-corrected chi connectivity index (χ2v) is 7.43. The van der Waals surface area contributed by atoms with E-state index in [0.717, 1.165) is 5.56 Å². The lowest BCUT2D eigenvalue weighted by molar-refractivity contribution is 0.0956. The van der Waals surface area contributed by atoms with Crippen LogP contribution in [0.25, 0.3) is 22.2 Å². The van der Waals surface area contributed by atoms with Crippen molar-refractivity contribution in [2.45, 2.75) is 0 Å². The predicted octanol–water partition coefficient (Wildman–Crippen LogP) is 4.70. The molecule has 4 aromatic rings. The molecule has 178 valence electrons. The molecule has 1 heterocycles. The number of methoxy groups -OCH3 is 4. The molecule has 0 saturated carbocycles. The molecule has 1 amide bonds. The van der Waals surface area contributed by atoms with E-state index in [1.807, 2.05) is 48.5 Å². The van der Waals surface area contributed by atoms with Gasteiger partial charge in [0.25, 0.3) is 5.91 Å². The molecule has 0 aliphatic heterocycles. The molecule has 4 rings (SSSR count). The molecule has 3 aromatic carbocycles. The highest BCUT2D eigenvalue weighted by atomic mass is 16.5. The van der Waals surface area contributed by atoms with Crippen LogP contribution >= 0.6 is 0 Å². The number of benzene rings is 3. The van der Waals surface area contributed by atoms with Gasteiger partial charge in [-0.2, -0.15) is 5.10 Å². The van der Waals surface area contributed by atoms with Crippen LogP contribution in [0.5, 0.6) is 23.0 Å². The Morgan fingerprint density at radius 1 is 0.829 bits per heavy atom. The van der Waals surface area contributed by atoms with Crippen LogP contribution in [0.4, 0.5) is 0 Å². The molecule has 0 fully saturated rings. The van der Waals surface area contributed by atoms with E-state index in [0.29, 0.717) is 50.7 Å². The molecule has 0 saturated heterocycles. The Balaban J connectivity index is 1.74. The van der Waals surface area contributed by atoms with E-state index in [1.165, 1.54) is 0 Å². The highest BCUT2D eigenvalue weighted by Gasteiger charge is 2.18. The molecule has 0 radical (unpaired) electrons.